The van der Waals surface area contributed by atoms with Crippen LogP contribution < -0.4 is 5.73 Å². The first-order valence-electron chi connectivity index (χ1n) is 4.18. The molecule has 0 heterocycles. The third-order valence-electron chi connectivity index (χ3n) is 1.99. The van der Waals surface area contributed by atoms with Gasteiger partial charge in [0.1, 0.15) is 5.69 Å². The molecule has 0 fully saturated rings. The number of hydrogen-bond donors (Lipinski definition) is 1. The lowest BCUT2D eigenvalue weighted by atomic mass is 10.0. The fourth-order valence-electron chi connectivity index (χ4n) is 1.18. The second kappa shape index (κ2) is 4.73. The topological polar surface area (TPSA) is 55.4 Å². The average Bonchev–Trinajstić information content (AvgIpc) is 2.15. The van der Waals surface area contributed by atoms with Crippen molar-refractivity contribution in [3.8, 4) is 0 Å². The first-order chi connectivity index (χ1) is 6.60. The Kier molecular flexibility index (Phi) is 3.86. The average molecular weight is 233 g/mol. The van der Waals surface area contributed by atoms with Gasteiger partial charge in [0, 0.05) is 16.6 Å². The van der Waals surface area contributed by atoms with Crippen molar-refractivity contribution in [3.63, 3.8) is 0 Å². The quantitative estimate of drug-likeness (QED) is 0.807. The molecule has 1 rings (SSSR count). The molecule has 2 N–H and O–H groups in total. The van der Waals surface area contributed by atoms with E-state index in [-0.39, 0.29) is 16.8 Å². The molecule has 3 nitrogen and oxygen atoms in total. The Morgan fingerprint density at radius 2 is 2.14 bits per heavy atom. The van der Waals surface area contributed by atoms with E-state index in [9.17, 15) is 4.91 Å². The highest BCUT2D eigenvalue weighted by Gasteiger charge is 2.14. The van der Waals surface area contributed by atoms with Crippen molar-refractivity contribution in [2.45, 2.75) is 19.4 Å². The van der Waals surface area contributed by atoms with Gasteiger partial charge in [0.2, 0.25) is 0 Å². The smallest absolute Gasteiger partial charge is 0.131 e. The van der Waals surface area contributed by atoms with Crippen molar-refractivity contribution in [2.24, 2.45) is 10.9 Å². The molecule has 0 amide bonds. The van der Waals surface area contributed by atoms with Crippen LogP contribution in [0.15, 0.2) is 17.3 Å². The monoisotopic (exact) mass is 232 g/mol. The summed E-state index contributed by atoms with van der Waals surface area (Å²) in [6.45, 7) is 1.91. The van der Waals surface area contributed by atoms with E-state index in [2.05, 4.69) is 5.18 Å². The highest BCUT2D eigenvalue weighted by molar-refractivity contribution is 6.36. The van der Waals surface area contributed by atoms with Crippen molar-refractivity contribution in [3.05, 3.63) is 32.6 Å². The van der Waals surface area contributed by atoms with Gasteiger partial charge in [-0.25, -0.2) is 0 Å². The molecule has 1 unspecified atom stereocenters. The SMILES string of the molecule is CCC(N)c1cc(Cl)cc(Cl)c1N=O. The second-order valence-corrected chi connectivity index (χ2v) is 3.78. The third kappa shape index (κ3) is 2.23. The van der Waals surface area contributed by atoms with Gasteiger partial charge in [-0.15, -0.1) is 4.91 Å². The Labute approximate surface area is 92.2 Å². The molecule has 0 radical (unpaired) electrons. The van der Waals surface area contributed by atoms with Crippen LogP contribution in [-0.4, -0.2) is 0 Å². The summed E-state index contributed by atoms with van der Waals surface area (Å²) in [6, 6.07) is 2.84. The number of nitrogens with zero attached hydrogens (tertiary/aromatic N) is 1. The Bertz CT molecular complexity index is 355. The summed E-state index contributed by atoms with van der Waals surface area (Å²) in [7, 11) is 0. The molecule has 1 aromatic rings. The van der Waals surface area contributed by atoms with Crippen LogP contribution in [0.1, 0.15) is 24.9 Å². The largest absolute Gasteiger partial charge is 0.324 e. The summed E-state index contributed by atoms with van der Waals surface area (Å²) in [4.78, 5) is 10.5. The van der Waals surface area contributed by atoms with Gasteiger partial charge in [0.15, 0.2) is 0 Å². The van der Waals surface area contributed by atoms with Crippen molar-refractivity contribution in [2.75, 3.05) is 0 Å². The molecular formula is C9H10Cl2N2O. The zero-order chi connectivity index (χ0) is 10.7. The van der Waals surface area contributed by atoms with Gasteiger partial charge < -0.3 is 5.73 Å². The van der Waals surface area contributed by atoms with Crippen LogP contribution in [0.25, 0.3) is 0 Å². The van der Waals surface area contributed by atoms with Crippen LogP contribution in [0.2, 0.25) is 10.0 Å². The Morgan fingerprint density at radius 3 is 2.64 bits per heavy atom. The predicted octanol–water partition coefficient (Wildman–Crippen LogP) is 3.80. The van der Waals surface area contributed by atoms with Crippen LogP contribution in [0.4, 0.5) is 5.69 Å². The zero-order valence-corrected chi connectivity index (χ0v) is 9.14. The fourth-order valence-corrected chi connectivity index (χ4v) is 1.73. The molecule has 1 atom stereocenters. The molecule has 0 saturated carbocycles. The van der Waals surface area contributed by atoms with Crippen molar-refractivity contribution in [1.82, 2.24) is 0 Å². The van der Waals surface area contributed by atoms with E-state index in [4.69, 9.17) is 28.9 Å². The van der Waals surface area contributed by atoms with Gasteiger partial charge >= 0.3 is 0 Å². The van der Waals surface area contributed by atoms with Crippen molar-refractivity contribution >= 4 is 28.9 Å². The standard InChI is InChI=1S/C9H10Cl2N2O/c1-2-8(12)6-3-5(10)4-7(11)9(6)13-14/h3-4,8H,2,12H2,1H3. The summed E-state index contributed by atoms with van der Waals surface area (Å²) in [5, 5.41) is 3.56. The van der Waals surface area contributed by atoms with Gasteiger partial charge in [-0.3, -0.25) is 0 Å². The lowest BCUT2D eigenvalue weighted by Crippen LogP contribution is -2.08. The predicted molar refractivity (Wildman–Crippen MR) is 59.1 cm³/mol. The minimum absolute atomic E-state index is 0.186. The lowest BCUT2D eigenvalue weighted by molar-refractivity contribution is 0.699. The molecule has 0 aliphatic carbocycles. The number of halogens is 2. The maximum absolute atomic E-state index is 10.5. The van der Waals surface area contributed by atoms with Crippen LogP contribution >= 0.6 is 23.2 Å². The number of benzene rings is 1. The normalized spacial score (nSPS) is 12.6. The molecule has 0 saturated heterocycles. The molecule has 0 aliphatic rings. The first-order valence-corrected chi connectivity index (χ1v) is 4.93. The summed E-state index contributed by atoms with van der Waals surface area (Å²) < 4.78 is 0. The molecule has 0 bridgehead atoms. The Balaban J connectivity index is 3.31. The Morgan fingerprint density at radius 1 is 1.50 bits per heavy atom. The number of rotatable bonds is 3. The van der Waals surface area contributed by atoms with E-state index < -0.39 is 0 Å². The number of nitroso groups, excluding NO2 is 1. The van der Waals surface area contributed by atoms with E-state index in [0.29, 0.717) is 17.0 Å². The molecule has 76 valence electrons. The van der Waals surface area contributed by atoms with Gasteiger partial charge in [0.05, 0.1) is 5.02 Å². The molecule has 5 heteroatoms. The molecule has 0 spiro atoms. The van der Waals surface area contributed by atoms with E-state index in [1.54, 1.807) is 6.07 Å². The van der Waals surface area contributed by atoms with Crippen LogP contribution in [-0.2, 0) is 0 Å². The number of hydrogen-bond acceptors (Lipinski definition) is 3. The van der Waals surface area contributed by atoms with Crippen molar-refractivity contribution < 1.29 is 0 Å². The van der Waals surface area contributed by atoms with E-state index in [1.165, 1.54) is 6.07 Å². The van der Waals surface area contributed by atoms with E-state index in [0.717, 1.165) is 0 Å². The van der Waals surface area contributed by atoms with Crippen LogP contribution in [0.3, 0.4) is 0 Å². The summed E-state index contributed by atoms with van der Waals surface area (Å²) in [5.74, 6) is 0. The third-order valence-corrected chi connectivity index (χ3v) is 2.49. The second-order valence-electron chi connectivity index (χ2n) is 2.93. The summed E-state index contributed by atoms with van der Waals surface area (Å²) >= 11 is 11.6. The van der Waals surface area contributed by atoms with Crippen LogP contribution in [0.5, 0.6) is 0 Å². The van der Waals surface area contributed by atoms with Gasteiger partial charge in [-0.05, 0) is 23.7 Å². The minimum atomic E-state index is -0.265. The highest BCUT2D eigenvalue weighted by Crippen LogP contribution is 2.35. The number of nitrogens with two attached hydrogens (primary N) is 1. The maximum Gasteiger partial charge on any atom is 0.131 e. The molecule has 1 aromatic carbocycles. The van der Waals surface area contributed by atoms with E-state index >= 15 is 0 Å². The highest BCUT2D eigenvalue weighted by atomic mass is 35.5. The van der Waals surface area contributed by atoms with Gasteiger partial charge in [-0.1, -0.05) is 30.1 Å². The summed E-state index contributed by atoms with van der Waals surface area (Å²) in [6.07, 6.45) is 0.694. The van der Waals surface area contributed by atoms with Crippen molar-refractivity contribution in [1.29, 1.82) is 0 Å². The lowest BCUT2D eigenvalue weighted by Gasteiger charge is -2.12. The zero-order valence-electron chi connectivity index (χ0n) is 7.63. The maximum atomic E-state index is 10.5. The molecule has 0 aromatic heterocycles. The molecule has 14 heavy (non-hydrogen) atoms. The molecule has 0 aliphatic heterocycles. The van der Waals surface area contributed by atoms with Gasteiger partial charge in [-0.2, -0.15) is 0 Å². The Hall–Kier alpha value is -0.640. The van der Waals surface area contributed by atoms with E-state index in [1.807, 2.05) is 6.92 Å². The minimum Gasteiger partial charge on any atom is -0.324 e. The van der Waals surface area contributed by atoms with Crippen LogP contribution in [0, 0.1) is 4.91 Å². The van der Waals surface area contributed by atoms with Gasteiger partial charge in [0.25, 0.3) is 0 Å². The fraction of sp³-hybridized carbons (Fsp3) is 0.333. The first kappa shape index (κ1) is 11.4. The summed E-state index contributed by atoms with van der Waals surface area (Å²) in [5.41, 5.74) is 6.58. The molecular weight excluding hydrogens is 223 g/mol.